The Morgan fingerprint density at radius 3 is 2.54 bits per heavy atom. The number of nitrogens with one attached hydrogen (secondary N) is 3. The van der Waals surface area contributed by atoms with E-state index in [-0.39, 0.29) is 11.4 Å². The van der Waals surface area contributed by atoms with Gasteiger partial charge in [0.15, 0.2) is 11.7 Å². The molecule has 0 radical (unpaired) electrons. The smallest absolute Gasteiger partial charge is 0.275 e. The van der Waals surface area contributed by atoms with Gasteiger partial charge in [0.25, 0.3) is 5.91 Å². The summed E-state index contributed by atoms with van der Waals surface area (Å²) in [6.45, 7) is 12.2. The Morgan fingerprint density at radius 2 is 1.96 bits per heavy atom. The molecular formula is C18H29N4OS+. The number of thiocarbonyl (C=S) groups is 1. The third kappa shape index (κ3) is 6.09. The van der Waals surface area contributed by atoms with E-state index in [1.54, 1.807) is 0 Å². The van der Waals surface area contributed by atoms with Gasteiger partial charge in [-0.1, -0.05) is 12.1 Å². The van der Waals surface area contributed by atoms with Crippen molar-refractivity contribution >= 4 is 28.9 Å². The normalized spacial score (nSPS) is 15.9. The van der Waals surface area contributed by atoms with Crippen LogP contribution in [0.25, 0.3) is 0 Å². The first-order valence-corrected chi connectivity index (χ1v) is 8.91. The molecule has 0 spiro atoms. The molecule has 1 saturated heterocycles. The van der Waals surface area contributed by atoms with Crippen LogP contribution in [0.5, 0.6) is 0 Å². The maximum absolute atomic E-state index is 12.0. The Balaban J connectivity index is 1.78. The van der Waals surface area contributed by atoms with Gasteiger partial charge in [-0.2, -0.15) is 0 Å². The van der Waals surface area contributed by atoms with Crippen LogP contribution < -0.4 is 15.5 Å². The average Bonchev–Trinajstić information content (AvgIpc) is 2.45. The molecule has 132 valence electrons. The number of hydrogen-bond acceptors (Lipinski definition) is 2. The van der Waals surface area contributed by atoms with Crippen LogP contribution >= 0.6 is 12.2 Å². The van der Waals surface area contributed by atoms with E-state index in [1.165, 1.54) is 10.5 Å². The van der Waals surface area contributed by atoms with Gasteiger partial charge in [-0.25, -0.2) is 0 Å². The third-order valence-corrected chi connectivity index (χ3v) is 4.31. The predicted molar refractivity (Wildman–Crippen MR) is 102 cm³/mol. The number of hydrogen-bond donors (Lipinski definition) is 3. The molecule has 1 aromatic rings. The van der Waals surface area contributed by atoms with E-state index < -0.39 is 0 Å². The first kappa shape index (κ1) is 18.7. The molecule has 6 heteroatoms. The van der Waals surface area contributed by atoms with E-state index in [4.69, 9.17) is 12.2 Å². The van der Waals surface area contributed by atoms with Gasteiger partial charge < -0.3 is 20.4 Å². The van der Waals surface area contributed by atoms with Crippen molar-refractivity contribution in [2.45, 2.75) is 33.2 Å². The fourth-order valence-electron chi connectivity index (χ4n) is 2.82. The molecule has 0 atom stereocenters. The van der Waals surface area contributed by atoms with Crippen molar-refractivity contribution in [1.82, 2.24) is 10.2 Å². The van der Waals surface area contributed by atoms with Gasteiger partial charge in [-0.05, 0) is 57.6 Å². The minimum Gasteiger partial charge on any atom is -0.347 e. The molecule has 0 aromatic heterocycles. The van der Waals surface area contributed by atoms with E-state index in [9.17, 15) is 4.79 Å². The second-order valence-corrected chi connectivity index (χ2v) is 7.90. The molecule has 2 rings (SSSR count). The van der Waals surface area contributed by atoms with Gasteiger partial charge in [0.2, 0.25) is 0 Å². The summed E-state index contributed by atoms with van der Waals surface area (Å²) in [5, 5.41) is 7.10. The number of aryl methyl sites for hydroxylation is 1. The van der Waals surface area contributed by atoms with Crippen LogP contribution in [-0.2, 0) is 4.79 Å². The fourth-order valence-corrected chi connectivity index (χ4v) is 3.12. The molecule has 0 saturated carbocycles. The maximum Gasteiger partial charge on any atom is 0.275 e. The van der Waals surface area contributed by atoms with Crippen LogP contribution in [-0.4, -0.2) is 54.2 Å². The molecule has 1 aliphatic rings. The summed E-state index contributed by atoms with van der Waals surface area (Å²) in [5.74, 6) is 0.117. The maximum atomic E-state index is 12.0. The second-order valence-electron chi connectivity index (χ2n) is 7.51. The SMILES string of the molecule is Cc1cccc(NC(=S)N2CC[NH+](CC(=O)NC(C)(C)C)CC2)c1. The molecule has 0 unspecified atom stereocenters. The Hall–Kier alpha value is -1.66. The first-order valence-electron chi connectivity index (χ1n) is 8.50. The van der Waals surface area contributed by atoms with E-state index in [0.29, 0.717) is 6.54 Å². The van der Waals surface area contributed by atoms with Crippen molar-refractivity contribution in [3.63, 3.8) is 0 Å². The number of quaternary nitrogens is 1. The number of carbonyl (C=O) groups excluding carboxylic acids is 1. The van der Waals surface area contributed by atoms with Gasteiger partial charge in [-0.15, -0.1) is 0 Å². The highest BCUT2D eigenvalue weighted by Crippen LogP contribution is 2.10. The Bertz CT molecular complexity index is 589. The summed E-state index contributed by atoms with van der Waals surface area (Å²) in [6.07, 6.45) is 0. The zero-order valence-corrected chi connectivity index (χ0v) is 15.9. The van der Waals surface area contributed by atoms with Crippen LogP contribution in [0.1, 0.15) is 26.3 Å². The summed E-state index contributed by atoms with van der Waals surface area (Å²) >= 11 is 5.52. The number of carbonyl (C=O) groups is 1. The zero-order valence-electron chi connectivity index (χ0n) is 15.1. The highest BCUT2D eigenvalue weighted by molar-refractivity contribution is 7.80. The van der Waals surface area contributed by atoms with E-state index in [1.807, 2.05) is 32.9 Å². The Labute approximate surface area is 150 Å². The molecule has 1 aromatic carbocycles. The molecule has 5 nitrogen and oxygen atoms in total. The summed E-state index contributed by atoms with van der Waals surface area (Å²) in [6, 6.07) is 8.21. The van der Waals surface area contributed by atoms with Gasteiger partial charge in [0.05, 0.1) is 26.2 Å². The van der Waals surface area contributed by atoms with Crippen molar-refractivity contribution in [3.05, 3.63) is 29.8 Å². The van der Waals surface area contributed by atoms with E-state index in [0.717, 1.165) is 37.0 Å². The highest BCUT2D eigenvalue weighted by atomic mass is 32.1. The van der Waals surface area contributed by atoms with Crippen LogP contribution in [0.15, 0.2) is 24.3 Å². The van der Waals surface area contributed by atoms with Crippen LogP contribution in [0.3, 0.4) is 0 Å². The standard InChI is InChI=1S/C18H28N4OS/c1-14-6-5-7-15(12-14)19-17(24)22-10-8-21(9-11-22)13-16(23)20-18(2,3)4/h5-7,12H,8-11,13H2,1-4H3,(H,19,24)(H,20,23)/p+1. The van der Waals surface area contributed by atoms with Crippen molar-refractivity contribution in [3.8, 4) is 0 Å². The summed E-state index contributed by atoms with van der Waals surface area (Å²) in [4.78, 5) is 15.5. The number of nitrogens with zero attached hydrogens (tertiary/aromatic N) is 1. The van der Waals surface area contributed by atoms with Gasteiger partial charge in [-0.3, -0.25) is 4.79 Å². The average molecular weight is 350 g/mol. The van der Waals surface area contributed by atoms with Gasteiger partial charge in [0, 0.05) is 11.2 Å². The molecule has 24 heavy (non-hydrogen) atoms. The Kier molecular flexibility index (Phi) is 6.18. The summed E-state index contributed by atoms with van der Waals surface area (Å²) < 4.78 is 0. The molecule has 1 heterocycles. The van der Waals surface area contributed by atoms with Crippen molar-refractivity contribution < 1.29 is 9.69 Å². The molecule has 1 aliphatic heterocycles. The molecule has 0 aliphatic carbocycles. The highest BCUT2D eigenvalue weighted by Gasteiger charge is 2.25. The molecule has 1 fully saturated rings. The lowest BCUT2D eigenvalue weighted by atomic mass is 10.1. The zero-order chi connectivity index (χ0) is 17.7. The second kappa shape index (κ2) is 7.94. The number of rotatable bonds is 3. The van der Waals surface area contributed by atoms with Crippen LogP contribution in [0.2, 0.25) is 0 Å². The molecule has 3 N–H and O–H groups in total. The lowest BCUT2D eigenvalue weighted by molar-refractivity contribution is -0.895. The van der Waals surface area contributed by atoms with Crippen molar-refractivity contribution in [2.75, 3.05) is 38.0 Å². The van der Waals surface area contributed by atoms with Crippen LogP contribution in [0.4, 0.5) is 5.69 Å². The lowest BCUT2D eigenvalue weighted by Gasteiger charge is -2.34. The van der Waals surface area contributed by atoms with E-state index in [2.05, 4.69) is 34.6 Å². The van der Waals surface area contributed by atoms with Crippen molar-refractivity contribution in [2.24, 2.45) is 0 Å². The van der Waals surface area contributed by atoms with Gasteiger partial charge in [0.1, 0.15) is 0 Å². The molecular weight excluding hydrogens is 320 g/mol. The summed E-state index contributed by atoms with van der Waals surface area (Å²) in [5.41, 5.74) is 2.07. The monoisotopic (exact) mass is 349 g/mol. The largest absolute Gasteiger partial charge is 0.347 e. The van der Waals surface area contributed by atoms with Crippen molar-refractivity contribution in [1.29, 1.82) is 0 Å². The lowest BCUT2D eigenvalue weighted by Crippen LogP contribution is -3.16. The minimum absolute atomic E-state index is 0.117. The van der Waals surface area contributed by atoms with Crippen LogP contribution in [0, 0.1) is 6.92 Å². The predicted octanol–water partition coefficient (Wildman–Crippen LogP) is 0.807. The topological polar surface area (TPSA) is 48.8 Å². The minimum atomic E-state index is -0.169. The van der Waals surface area contributed by atoms with Gasteiger partial charge >= 0.3 is 0 Å². The molecule has 0 bridgehead atoms. The third-order valence-electron chi connectivity index (χ3n) is 3.95. The van der Waals surface area contributed by atoms with E-state index >= 15 is 0 Å². The number of anilines is 1. The number of piperazine rings is 1. The summed E-state index contributed by atoms with van der Waals surface area (Å²) in [7, 11) is 0. The first-order chi connectivity index (χ1) is 11.2. The number of amides is 1. The number of benzene rings is 1. The fraction of sp³-hybridized carbons (Fsp3) is 0.556. The quantitative estimate of drug-likeness (QED) is 0.707. The molecule has 1 amide bonds. The Morgan fingerprint density at radius 1 is 1.29 bits per heavy atom.